The monoisotopic (exact) mass is 318 g/mol. The summed E-state index contributed by atoms with van der Waals surface area (Å²) in [6.45, 7) is 2.92. The van der Waals surface area contributed by atoms with E-state index in [9.17, 15) is 8.42 Å². The van der Waals surface area contributed by atoms with Crippen LogP contribution in [0.1, 0.15) is 18.4 Å². The maximum Gasteiger partial charge on any atom is 0.243 e. The zero-order valence-corrected chi connectivity index (χ0v) is 13.2. The predicted octanol–water partition coefficient (Wildman–Crippen LogP) is 2.03. The third-order valence-electron chi connectivity index (χ3n) is 3.64. The predicted molar refractivity (Wildman–Crippen MR) is 79.4 cm³/mol. The minimum Gasteiger partial charge on any atom is -0.397 e. The summed E-state index contributed by atoms with van der Waals surface area (Å²) in [5.74, 6) is 0. The van der Waals surface area contributed by atoms with E-state index in [1.165, 1.54) is 10.4 Å². The Labute approximate surface area is 124 Å². The van der Waals surface area contributed by atoms with Crippen LogP contribution in [-0.4, -0.2) is 39.0 Å². The molecule has 1 aromatic rings. The first-order chi connectivity index (χ1) is 9.34. The van der Waals surface area contributed by atoms with Crippen molar-refractivity contribution in [2.24, 2.45) is 0 Å². The van der Waals surface area contributed by atoms with Crippen molar-refractivity contribution in [2.75, 3.05) is 26.0 Å². The van der Waals surface area contributed by atoms with E-state index in [2.05, 4.69) is 0 Å². The van der Waals surface area contributed by atoms with Crippen LogP contribution in [-0.2, 0) is 14.8 Å². The van der Waals surface area contributed by atoms with Crippen molar-refractivity contribution in [2.45, 2.75) is 30.7 Å². The molecule has 7 heteroatoms. The molecule has 0 bridgehead atoms. The Kier molecular flexibility index (Phi) is 4.59. The van der Waals surface area contributed by atoms with E-state index in [1.54, 1.807) is 20.0 Å². The second-order valence-electron chi connectivity index (χ2n) is 5.01. The number of hydrogen-bond donors (Lipinski definition) is 1. The third kappa shape index (κ3) is 2.93. The number of aryl methyl sites for hydroxylation is 1. The molecule has 0 aromatic heterocycles. The molecule has 0 unspecified atom stereocenters. The van der Waals surface area contributed by atoms with Crippen LogP contribution >= 0.6 is 11.6 Å². The van der Waals surface area contributed by atoms with Gasteiger partial charge in [-0.1, -0.05) is 11.6 Å². The Balaban J connectivity index is 2.34. The Hall–Kier alpha value is -0.820. The number of sulfonamides is 1. The third-order valence-corrected chi connectivity index (χ3v) is 6.04. The normalized spacial score (nSPS) is 17.6. The number of nitrogens with two attached hydrogens (primary N) is 1. The molecule has 0 saturated carbocycles. The lowest BCUT2D eigenvalue weighted by atomic mass is 10.1. The average molecular weight is 319 g/mol. The molecule has 0 spiro atoms. The minimum absolute atomic E-state index is 0.0361. The molecule has 2 N–H and O–H groups in total. The quantitative estimate of drug-likeness (QED) is 0.865. The first-order valence-electron chi connectivity index (χ1n) is 6.45. The fraction of sp³-hybridized carbons (Fsp3) is 0.538. The summed E-state index contributed by atoms with van der Waals surface area (Å²) in [6, 6.07) is 2.94. The molecule has 0 radical (unpaired) electrons. The van der Waals surface area contributed by atoms with Crippen molar-refractivity contribution in [3.63, 3.8) is 0 Å². The first kappa shape index (κ1) is 15.6. The van der Waals surface area contributed by atoms with Crippen LogP contribution in [0.25, 0.3) is 0 Å². The van der Waals surface area contributed by atoms with Gasteiger partial charge in [0.05, 0.1) is 15.6 Å². The summed E-state index contributed by atoms with van der Waals surface area (Å²) >= 11 is 5.98. The van der Waals surface area contributed by atoms with Crippen LogP contribution in [0.3, 0.4) is 0 Å². The van der Waals surface area contributed by atoms with Crippen LogP contribution in [0.4, 0.5) is 5.69 Å². The van der Waals surface area contributed by atoms with Crippen LogP contribution < -0.4 is 5.73 Å². The zero-order valence-electron chi connectivity index (χ0n) is 11.6. The summed E-state index contributed by atoms with van der Waals surface area (Å²) < 4.78 is 31.9. The van der Waals surface area contributed by atoms with Gasteiger partial charge in [-0.05, 0) is 37.5 Å². The average Bonchev–Trinajstić information content (AvgIpc) is 2.44. The second kappa shape index (κ2) is 5.89. The highest BCUT2D eigenvalue weighted by Crippen LogP contribution is 2.29. The highest BCUT2D eigenvalue weighted by Gasteiger charge is 2.29. The molecule has 1 heterocycles. The fourth-order valence-electron chi connectivity index (χ4n) is 2.32. The lowest BCUT2D eigenvalue weighted by Gasteiger charge is -2.30. The first-order valence-corrected chi connectivity index (χ1v) is 8.27. The molecule has 0 aliphatic carbocycles. The largest absolute Gasteiger partial charge is 0.397 e. The van der Waals surface area contributed by atoms with Crippen LogP contribution in [0, 0.1) is 6.92 Å². The summed E-state index contributed by atoms with van der Waals surface area (Å²) in [4.78, 5) is 0.186. The Morgan fingerprint density at radius 1 is 1.35 bits per heavy atom. The maximum absolute atomic E-state index is 12.6. The van der Waals surface area contributed by atoms with Gasteiger partial charge in [-0.2, -0.15) is 4.31 Å². The van der Waals surface area contributed by atoms with Gasteiger partial charge >= 0.3 is 0 Å². The van der Waals surface area contributed by atoms with Crippen molar-refractivity contribution >= 4 is 27.3 Å². The minimum atomic E-state index is -3.56. The molecule has 1 saturated heterocycles. The van der Waals surface area contributed by atoms with E-state index in [4.69, 9.17) is 22.1 Å². The van der Waals surface area contributed by atoms with Gasteiger partial charge in [0.2, 0.25) is 10.0 Å². The maximum atomic E-state index is 12.6. The van der Waals surface area contributed by atoms with Crippen LogP contribution in [0.15, 0.2) is 17.0 Å². The Morgan fingerprint density at radius 2 is 1.95 bits per heavy atom. The smallest absolute Gasteiger partial charge is 0.243 e. The van der Waals surface area contributed by atoms with Crippen molar-refractivity contribution in [3.05, 3.63) is 22.7 Å². The number of nitrogen functional groups attached to an aromatic ring is 1. The van der Waals surface area contributed by atoms with Crippen molar-refractivity contribution in [3.8, 4) is 0 Å². The van der Waals surface area contributed by atoms with E-state index in [1.807, 2.05) is 0 Å². The van der Waals surface area contributed by atoms with E-state index >= 15 is 0 Å². The molecule has 2 rings (SSSR count). The number of rotatable bonds is 3. The van der Waals surface area contributed by atoms with Gasteiger partial charge in [-0.25, -0.2) is 8.42 Å². The van der Waals surface area contributed by atoms with Crippen LogP contribution in [0.2, 0.25) is 5.02 Å². The molecule has 0 amide bonds. The van der Waals surface area contributed by atoms with Gasteiger partial charge in [0.1, 0.15) is 0 Å². The van der Waals surface area contributed by atoms with E-state index in [0.717, 1.165) is 0 Å². The van der Waals surface area contributed by atoms with Gasteiger partial charge in [0.15, 0.2) is 0 Å². The van der Waals surface area contributed by atoms with Gasteiger partial charge in [-0.15, -0.1) is 0 Å². The topological polar surface area (TPSA) is 72.6 Å². The van der Waals surface area contributed by atoms with Crippen molar-refractivity contribution in [1.82, 2.24) is 4.31 Å². The molecule has 1 aromatic carbocycles. The Bertz CT molecular complexity index is 575. The van der Waals surface area contributed by atoms with Gasteiger partial charge in [-0.3, -0.25) is 0 Å². The number of benzene rings is 1. The van der Waals surface area contributed by atoms with Crippen molar-refractivity contribution in [1.29, 1.82) is 0 Å². The molecule has 1 aliphatic rings. The van der Waals surface area contributed by atoms with Gasteiger partial charge in [0, 0.05) is 26.3 Å². The number of ether oxygens (including phenoxy) is 1. The van der Waals surface area contributed by atoms with Crippen molar-refractivity contribution < 1.29 is 13.2 Å². The molecule has 5 nitrogen and oxygen atoms in total. The van der Waals surface area contributed by atoms with E-state index < -0.39 is 10.0 Å². The molecule has 1 aliphatic heterocycles. The number of nitrogens with zero attached hydrogens (tertiary/aromatic N) is 1. The summed E-state index contributed by atoms with van der Waals surface area (Å²) in [6.07, 6.45) is 1.41. The highest BCUT2D eigenvalue weighted by molar-refractivity contribution is 7.89. The van der Waals surface area contributed by atoms with E-state index in [-0.39, 0.29) is 16.6 Å². The fourth-order valence-corrected chi connectivity index (χ4v) is 3.97. The molecule has 112 valence electrons. The number of halogens is 1. The van der Waals surface area contributed by atoms with Gasteiger partial charge < -0.3 is 10.5 Å². The SMILES string of the molecule is Cc1cc(S(=O)(=O)N(C)C2CCOCC2)cc(N)c1Cl. The van der Waals surface area contributed by atoms with Gasteiger partial charge in [0.25, 0.3) is 0 Å². The Morgan fingerprint density at radius 3 is 2.50 bits per heavy atom. The molecule has 20 heavy (non-hydrogen) atoms. The lowest BCUT2D eigenvalue weighted by Crippen LogP contribution is -2.40. The van der Waals surface area contributed by atoms with Crippen LogP contribution in [0.5, 0.6) is 0 Å². The second-order valence-corrected chi connectivity index (χ2v) is 7.38. The lowest BCUT2D eigenvalue weighted by molar-refractivity contribution is 0.0632. The van der Waals surface area contributed by atoms with E-state index in [0.29, 0.717) is 36.6 Å². The molecule has 0 atom stereocenters. The summed E-state index contributed by atoms with van der Waals surface area (Å²) in [7, 11) is -1.96. The summed E-state index contributed by atoms with van der Waals surface area (Å²) in [5, 5.41) is 0.401. The molecule has 1 fully saturated rings. The number of hydrogen-bond acceptors (Lipinski definition) is 4. The highest BCUT2D eigenvalue weighted by atomic mass is 35.5. The number of anilines is 1. The standard InChI is InChI=1S/C13H19ClN2O3S/c1-9-7-11(8-12(15)13(9)14)20(17,18)16(2)10-3-5-19-6-4-10/h7-8,10H,3-6,15H2,1-2H3. The molecular formula is C13H19ClN2O3S. The molecular weight excluding hydrogens is 300 g/mol. The zero-order chi connectivity index (χ0) is 14.9. The summed E-state index contributed by atoms with van der Waals surface area (Å²) in [5.41, 5.74) is 6.70.